The van der Waals surface area contributed by atoms with Gasteiger partial charge in [-0.15, -0.1) is 0 Å². The summed E-state index contributed by atoms with van der Waals surface area (Å²) in [6.45, 7) is 4.11. The van der Waals surface area contributed by atoms with E-state index in [1.165, 1.54) is 6.33 Å². The van der Waals surface area contributed by atoms with E-state index in [0.29, 0.717) is 6.54 Å². The molecule has 0 saturated carbocycles. The van der Waals surface area contributed by atoms with E-state index in [1.807, 2.05) is 37.1 Å². The lowest BCUT2D eigenvalue weighted by atomic mass is 10.1. The van der Waals surface area contributed by atoms with Gasteiger partial charge in [0.25, 0.3) is 0 Å². The largest absolute Gasteiger partial charge is 0.481 e. The minimum Gasteiger partial charge on any atom is -0.481 e. The molecule has 100 valence electrons. The van der Waals surface area contributed by atoms with Gasteiger partial charge >= 0.3 is 5.97 Å². The lowest BCUT2D eigenvalue weighted by Gasteiger charge is -2.21. The summed E-state index contributed by atoms with van der Waals surface area (Å²) in [5.74, 6) is -0.483. The molecule has 19 heavy (non-hydrogen) atoms. The predicted molar refractivity (Wildman–Crippen MR) is 74.3 cm³/mol. The molecule has 1 atom stereocenters. The van der Waals surface area contributed by atoms with Crippen LogP contribution in [0.4, 0.5) is 5.82 Å². The van der Waals surface area contributed by atoms with Crippen molar-refractivity contribution in [3.8, 4) is 0 Å². The molecule has 1 N–H and O–H groups in total. The Labute approximate surface area is 111 Å². The minimum atomic E-state index is -0.804. The molecule has 0 bridgehead atoms. The van der Waals surface area contributed by atoms with Gasteiger partial charge in [-0.3, -0.25) is 4.79 Å². The van der Waals surface area contributed by atoms with Crippen molar-refractivity contribution >= 4 is 22.7 Å². The van der Waals surface area contributed by atoms with Crippen LogP contribution in [0.15, 0.2) is 24.5 Å². The highest BCUT2D eigenvalue weighted by molar-refractivity contribution is 5.89. The Bertz CT molecular complexity index is 613. The molecule has 0 aliphatic rings. The maximum atomic E-state index is 10.9. The molecular formula is C14H17N3O2. The van der Waals surface area contributed by atoms with E-state index in [2.05, 4.69) is 9.97 Å². The van der Waals surface area contributed by atoms with Gasteiger partial charge in [0.2, 0.25) is 0 Å². The van der Waals surface area contributed by atoms with E-state index >= 15 is 0 Å². The van der Waals surface area contributed by atoms with Gasteiger partial charge < -0.3 is 10.0 Å². The summed E-state index contributed by atoms with van der Waals surface area (Å²) in [4.78, 5) is 21.3. The predicted octanol–water partition coefficient (Wildman–Crippen LogP) is 2.10. The fraction of sp³-hybridized carbons (Fsp3) is 0.357. The average Bonchev–Trinajstić information content (AvgIpc) is 2.37. The Balaban J connectivity index is 2.38. The number of aryl methyl sites for hydroxylation is 1. The van der Waals surface area contributed by atoms with Gasteiger partial charge in [-0.2, -0.15) is 0 Å². The van der Waals surface area contributed by atoms with Crippen molar-refractivity contribution < 1.29 is 9.90 Å². The third kappa shape index (κ3) is 2.81. The first-order valence-electron chi connectivity index (χ1n) is 6.14. The smallest absolute Gasteiger partial charge is 0.308 e. The molecule has 1 aromatic carbocycles. The Morgan fingerprint density at radius 3 is 2.84 bits per heavy atom. The molecule has 0 aliphatic heterocycles. The first-order valence-corrected chi connectivity index (χ1v) is 6.14. The van der Waals surface area contributed by atoms with Crippen LogP contribution in [0.1, 0.15) is 12.5 Å². The van der Waals surface area contributed by atoms with Crippen LogP contribution in [0.2, 0.25) is 0 Å². The summed E-state index contributed by atoms with van der Waals surface area (Å²) < 4.78 is 0. The molecule has 0 radical (unpaired) electrons. The highest BCUT2D eigenvalue weighted by atomic mass is 16.4. The lowest BCUT2D eigenvalue weighted by Crippen LogP contribution is -2.29. The maximum absolute atomic E-state index is 10.9. The number of aliphatic carboxylic acids is 1. The van der Waals surface area contributed by atoms with Crippen molar-refractivity contribution in [3.63, 3.8) is 0 Å². The van der Waals surface area contributed by atoms with Gasteiger partial charge in [0.1, 0.15) is 12.1 Å². The van der Waals surface area contributed by atoms with Crippen LogP contribution < -0.4 is 4.90 Å². The second-order valence-electron chi connectivity index (χ2n) is 4.84. The molecule has 1 aromatic heterocycles. The number of rotatable bonds is 4. The molecule has 0 spiro atoms. The highest BCUT2D eigenvalue weighted by Gasteiger charge is 2.16. The lowest BCUT2D eigenvalue weighted by molar-refractivity contribution is -0.140. The van der Waals surface area contributed by atoms with Crippen molar-refractivity contribution in [2.24, 2.45) is 5.92 Å². The number of hydrogen-bond acceptors (Lipinski definition) is 4. The molecule has 5 heteroatoms. The molecule has 0 fully saturated rings. The van der Waals surface area contributed by atoms with Crippen LogP contribution in [-0.2, 0) is 4.79 Å². The molecule has 1 unspecified atom stereocenters. The Kier molecular flexibility index (Phi) is 3.64. The topological polar surface area (TPSA) is 66.3 Å². The maximum Gasteiger partial charge on any atom is 0.308 e. The van der Waals surface area contributed by atoms with Crippen molar-refractivity contribution in [1.29, 1.82) is 0 Å². The standard InChI is InChI=1S/C14H17N3O2/c1-9-4-5-12-11(6-9)13(16-8-15-12)17(3)7-10(2)14(18)19/h4-6,8,10H,7H2,1-3H3,(H,18,19). The quantitative estimate of drug-likeness (QED) is 0.910. The second kappa shape index (κ2) is 5.22. The van der Waals surface area contributed by atoms with E-state index in [9.17, 15) is 4.79 Å². The number of fused-ring (bicyclic) bond motifs is 1. The number of carboxylic acids is 1. The first-order chi connectivity index (χ1) is 8.99. The number of nitrogens with zero attached hydrogens (tertiary/aromatic N) is 3. The fourth-order valence-corrected chi connectivity index (χ4v) is 2.04. The number of carbonyl (C=O) groups is 1. The SMILES string of the molecule is Cc1ccc2ncnc(N(C)CC(C)C(=O)O)c2c1. The Morgan fingerprint density at radius 1 is 1.42 bits per heavy atom. The summed E-state index contributed by atoms with van der Waals surface area (Å²) >= 11 is 0. The summed E-state index contributed by atoms with van der Waals surface area (Å²) in [5.41, 5.74) is 1.99. The van der Waals surface area contributed by atoms with Gasteiger partial charge in [-0.1, -0.05) is 18.6 Å². The van der Waals surface area contributed by atoms with Crippen LogP contribution in [0.3, 0.4) is 0 Å². The third-order valence-corrected chi connectivity index (χ3v) is 3.10. The first kappa shape index (κ1) is 13.3. The summed E-state index contributed by atoms with van der Waals surface area (Å²) in [6.07, 6.45) is 1.51. The fourth-order valence-electron chi connectivity index (χ4n) is 2.04. The van der Waals surface area contributed by atoms with Crippen LogP contribution in [0, 0.1) is 12.8 Å². The third-order valence-electron chi connectivity index (χ3n) is 3.10. The number of benzene rings is 1. The normalized spacial score (nSPS) is 12.4. The van der Waals surface area contributed by atoms with E-state index < -0.39 is 11.9 Å². The van der Waals surface area contributed by atoms with Crippen LogP contribution in [-0.4, -0.2) is 34.6 Å². The molecule has 0 amide bonds. The number of carboxylic acid groups (broad SMARTS) is 1. The zero-order valence-electron chi connectivity index (χ0n) is 11.3. The number of hydrogen-bond donors (Lipinski definition) is 1. The van der Waals surface area contributed by atoms with Crippen LogP contribution in [0.25, 0.3) is 10.9 Å². The molecule has 0 saturated heterocycles. The minimum absolute atomic E-state index is 0.412. The molecule has 5 nitrogen and oxygen atoms in total. The summed E-state index contributed by atoms with van der Waals surface area (Å²) in [6, 6.07) is 5.97. The molecule has 0 aliphatic carbocycles. The van der Waals surface area contributed by atoms with Crippen LogP contribution >= 0.6 is 0 Å². The van der Waals surface area contributed by atoms with Gasteiger partial charge in [-0.05, 0) is 19.1 Å². The zero-order chi connectivity index (χ0) is 14.0. The average molecular weight is 259 g/mol. The van der Waals surface area contributed by atoms with E-state index in [1.54, 1.807) is 6.92 Å². The van der Waals surface area contributed by atoms with Gasteiger partial charge in [0.15, 0.2) is 0 Å². The molecule has 2 aromatic rings. The van der Waals surface area contributed by atoms with Crippen molar-refractivity contribution in [3.05, 3.63) is 30.1 Å². The molecular weight excluding hydrogens is 242 g/mol. The Hall–Kier alpha value is -2.17. The van der Waals surface area contributed by atoms with Crippen molar-refractivity contribution in [2.75, 3.05) is 18.5 Å². The monoisotopic (exact) mass is 259 g/mol. The van der Waals surface area contributed by atoms with Crippen LogP contribution in [0.5, 0.6) is 0 Å². The highest BCUT2D eigenvalue weighted by Crippen LogP contribution is 2.23. The van der Waals surface area contributed by atoms with Crippen molar-refractivity contribution in [2.45, 2.75) is 13.8 Å². The Morgan fingerprint density at radius 2 is 2.16 bits per heavy atom. The van der Waals surface area contributed by atoms with Gasteiger partial charge in [0.05, 0.1) is 11.4 Å². The second-order valence-corrected chi connectivity index (χ2v) is 4.84. The van der Waals surface area contributed by atoms with E-state index in [0.717, 1.165) is 22.3 Å². The zero-order valence-corrected chi connectivity index (χ0v) is 11.3. The number of aromatic nitrogens is 2. The number of anilines is 1. The summed E-state index contributed by atoms with van der Waals surface area (Å²) in [7, 11) is 1.85. The van der Waals surface area contributed by atoms with Gasteiger partial charge in [-0.25, -0.2) is 9.97 Å². The van der Waals surface area contributed by atoms with Gasteiger partial charge in [0, 0.05) is 19.0 Å². The van der Waals surface area contributed by atoms with E-state index in [-0.39, 0.29) is 0 Å². The molecule has 2 rings (SSSR count). The molecule has 1 heterocycles. The van der Waals surface area contributed by atoms with E-state index in [4.69, 9.17) is 5.11 Å². The van der Waals surface area contributed by atoms with Crippen molar-refractivity contribution in [1.82, 2.24) is 9.97 Å². The summed E-state index contributed by atoms with van der Waals surface area (Å²) in [5, 5.41) is 9.92.